The zero-order valence-corrected chi connectivity index (χ0v) is 17.9. The Labute approximate surface area is 170 Å². The summed E-state index contributed by atoms with van der Waals surface area (Å²) in [7, 11) is 0.861. The van der Waals surface area contributed by atoms with Crippen LogP contribution in [-0.2, 0) is 21.4 Å². The molecule has 0 saturated heterocycles. The van der Waals surface area contributed by atoms with Crippen molar-refractivity contribution < 1.29 is 27.1 Å². The lowest BCUT2D eigenvalue weighted by atomic mass is 10.1. The Morgan fingerprint density at radius 2 is 1.66 bits per heavy atom. The van der Waals surface area contributed by atoms with Crippen molar-refractivity contribution in [2.24, 2.45) is 0 Å². The Bertz CT molecular complexity index is 963. The van der Waals surface area contributed by atoms with Crippen molar-refractivity contribution in [3.8, 4) is 11.5 Å². The first-order valence-electron chi connectivity index (χ1n) is 8.79. The lowest BCUT2D eigenvalue weighted by molar-refractivity contribution is -0.131. The molecule has 0 bridgehead atoms. The van der Waals surface area contributed by atoms with Crippen molar-refractivity contribution in [1.29, 1.82) is 0 Å². The highest BCUT2D eigenvalue weighted by molar-refractivity contribution is 7.92. The molecule has 0 aliphatic carbocycles. The SMILES string of the molecule is COc1ccc(CN(C)C(=O)[C@@H](C)N(c2ccc(F)cc2)S(C)(=O)=O)cc1OC. The minimum Gasteiger partial charge on any atom is -0.493 e. The topological polar surface area (TPSA) is 76.2 Å². The highest BCUT2D eigenvalue weighted by atomic mass is 32.2. The first kappa shape index (κ1) is 22.5. The average Bonchev–Trinajstić information content (AvgIpc) is 2.67. The van der Waals surface area contributed by atoms with Gasteiger partial charge < -0.3 is 14.4 Å². The van der Waals surface area contributed by atoms with Crippen LogP contribution in [0, 0.1) is 5.82 Å². The van der Waals surface area contributed by atoms with Gasteiger partial charge in [0.25, 0.3) is 0 Å². The van der Waals surface area contributed by atoms with Gasteiger partial charge in [-0.15, -0.1) is 0 Å². The molecule has 0 aliphatic rings. The highest BCUT2D eigenvalue weighted by Gasteiger charge is 2.31. The van der Waals surface area contributed by atoms with Gasteiger partial charge in [0.15, 0.2) is 11.5 Å². The van der Waals surface area contributed by atoms with E-state index in [1.54, 1.807) is 25.2 Å². The normalized spacial score (nSPS) is 12.2. The zero-order chi connectivity index (χ0) is 21.8. The van der Waals surface area contributed by atoms with Crippen molar-refractivity contribution in [3.05, 3.63) is 53.8 Å². The Morgan fingerprint density at radius 1 is 1.07 bits per heavy atom. The molecule has 0 saturated carbocycles. The van der Waals surface area contributed by atoms with Crippen LogP contribution >= 0.6 is 0 Å². The molecule has 2 rings (SSSR count). The van der Waals surface area contributed by atoms with Crippen molar-refractivity contribution in [1.82, 2.24) is 4.90 Å². The summed E-state index contributed by atoms with van der Waals surface area (Å²) in [6.45, 7) is 1.74. The molecule has 1 atom stereocenters. The molecule has 0 radical (unpaired) electrons. The second-order valence-corrected chi connectivity index (χ2v) is 8.45. The molecule has 158 valence electrons. The zero-order valence-electron chi connectivity index (χ0n) is 17.0. The number of rotatable bonds is 8. The van der Waals surface area contributed by atoms with Crippen LogP contribution in [0.1, 0.15) is 12.5 Å². The van der Waals surface area contributed by atoms with E-state index in [-0.39, 0.29) is 12.2 Å². The van der Waals surface area contributed by atoms with Gasteiger partial charge >= 0.3 is 0 Å². The lowest BCUT2D eigenvalue weighted by Crippen LogP contribution is -2.48. The van der Waals surface area contributed by atoms with E-state index in [4.69, 9.17) is 9.47 Å². The Hall–Kier alpha value is -2.81. The molecular weight excluding hydrogens is 399 g/mol. The van der Waals surface area contributed by atoms with Gasteiger partial charge in [0.2, 0.25) is 15.9 Å². The average molecular weight is 424 g/mol. The number of amides is 1. The van der Waals surface area contributed by atoms with E-state index in [0.29, 0.717) is 11.5 Å². The number of anilines is 1. The maximum Gasteiger partial charge on any atom is 0.246 e. The minimum atomic E-state index is -3.77. The van der Waals surface area contributed by atoms with Gasteiger partial charge in [-0.3, -0.25) is 9.10 Å². The van der Waals surface area contributed by atoms with Crippen molar-refractivity contribution in [2.75, 3.05) is 31.8 Å². The summed E-state index contributed by atoms with van der Waals surface area (Å²) in [6.07, 6.45) is 1.01. The Balaban J connectivity index is 2.25. The van der Waals surface area contributed by atoms with E-state index < -0.39 is 27.8 Å². The summed E-state index contributed by atoms with van der Waals surface area (Å²) in [5.41, 5.74) is 1.01. The minimum absolute atomic E-state index is 0.217. The Morgan fingerprint density at radius 3 is 2.17 bits per heavy atom. The van der Waals surface area contributed by atoms with Crippen LogP contribution in [0.5, 0.6) is 11.5 Å². The number of carbonyl (C=O) groups is 1. The van der Waals surface area contributed by atoms with E-state index in [9.17, 15) is 17.6 Å². The molecule has 29 heavy (non-hydrogen) atoms. The summed E-state index contributed by atoms with van der Waals surface area (Å²) in [5, 5.41) is 0. The van der Waals surface area contributed by atoms with Crippen molar-refractivity contribution in [2.45, 2.75) is 19.5 Å². The third kappa shape index (κ3) is 5.38. The van der Waals surface area contributed by atoms with Gasteiger partial charge in [-0.05, 0) is 48.9 Å². The maximum absolute atomic E-state index is 13.2. The third-order valence-corrected chi connectivity index (χ3v) is 5.63. The number of likely N-dealkylation sites (N-methyl/N-ethyl adjacent to an activating group) is 1. The number of nitrogens with zero attached hydrogens (tertiary/aromatic N) is 2. The summed E-state index contributed by atoms with van der Waals surface area (Å²) < 4.78 is 49.3. The van der Waals surface area contributed by atoms with E-state index in [1.165, 1.54) is 38.2 Å². The van der Waals surface area contributed by atoms with E-state index >= 15 is 0 Å². The van der Waals surface area contributed by atoms with Gasteiger partial charge in [0.1, 0.15) is 11.9 Å². The van der Waals surface area contributed by atoms with Gasteiger partial charge in [-0.1, -0.05) is 6.07 Å². The third-order valence-electron chi connectivity index (χ3n) is 4.39. The largest absolute Gasteiger partial charge is 0.493 e. The van der Waals surface area contributed by atoms with Crippen molar-refractivity contribution >= 4 is 21.6 Å². The number of halogens is 1. The molecule has 0 unspecified atom stereocenters. The van der Waals surface area contributed by atoms with Gasteiger partial charge in [-0.25, -0.2) is 12.8 Å². The van der Waals surface area contributed by atoms with E-state index in [1.807, 2.05) is 0 Å². The van der Waals surface area contributed by atoms with Crippen LogP contribution < -0.4 is 13.8 Å². The van der Waals surface area contributed by atoms with Gasteiger partial charge in [0.05, 0.1) is 26.2 Å². The van der Waals surface area contributed by atoms with Crippen LogP contribution in [0.25, 0.3) is 0 Å². The second kappa shape index (κ2) is 9.13. The summed E-state index contributed by atoms with van der Waals surface area (Å²) in [4.78, 5) is 14.4. The molecule has 0 heterocycles. The number of benzene rings is 2. The monoisotopic (exact) mass is 424 g/mol. The quantitative estimate of drug-likeness (QED) is 0.651. The molecule has 2 aromatic rings. The summed E-state index contributed by atoms with van der Waals surface area (Å²) in [6, 6.07) is 9.22. The number of carbonyl (C=O) groups excluding carboxylic acids is 1. The molecule has 0 aromatic heterocycles. The fourth-order valence-electron chi connectivity index (χ4n) is 3.04. The van der Waals surface area contributed by atoms with Crippen LogP contribution in [0.2, 0.25) is 0 Å². The van der Waals surface area contributed by atoms with Gasteiger partial charge in [-0.2, -0.15) is 0 Å². The molecule has 0 N–H and O–H groups in total. The fourth-order valence-corrected chi connectivity index (χ4v) is 4.21. The van der Waals surface area contributed by atoms with Gasteiger partial charge in [0, 0.05) is 13.6 Å². The number of methoxy groups -OCH3 is 2. The lowest BCUT2D eigenvalue weighted by Gasteiger charge is -2.31. The smallest absolute Gasteiger partial charge is 0.246 e. The predicted octanol–water partition coefficient (Wildman–Crippen LogP) is 2.66. The number of hydrogen-bond donors (Lipinski definition) is 0. The molecule has 0 fully saturated rings. The molecular formula is C20H25FN2O5S. The molecule has 7 nitrogen and oxygen atoms in total. The Kier molecular flexibility index (Phi) is 7.07. The van der Waals surface area contributed by atoms with E-state index in [2.05, 4.69) is 0 Å². The number of hydrogen-bond acceptors (Lipinski definition) is 5. The molecule has 0 aliphatic heterocycles. The highest BCUT2D eigenvalue weighted by Crippen LogP contribution is 2.28. The summed E-state index contributed by atoms with van der Waals surface area (Å²) >= 11 is 0. The second-order valence-electron chi connectivity index (χ2n) is 6.59. The number of sulfonamides is 1. The van der Waals surface area contributed by atoms with Crippen LogP contribution in [0.3, 0.4) is 0 Å². The predicted molar refractivity (Wildman–Crippen MR) is 109 cm³/mol. The first-order chi connectivity index (χ1) is 13.6. The standard InChI is InChI=1S/C20H25FN2O5S/c1-14(23(29(5,25)26)17-9-7-16(21)8-10-17)20(24)22(2)13-15-6-11-18(27-3)19(12-15)28-4/h6-12,14H,13H2,1-5H3/t14-/m1/s1. The van der Waals surface area contributed by atoms with Crippen LogP contribution in [0.15, 0.2) is 42.5 Å². The summed E-state index contributed by atoms with van der Waals surface area (Å²) in [5.74, 6) is 0.197. The fraction of sp³-hybridized carbons (Fsp3) is 0.350. The molecule has 1 amide bonds. The number of ether oxygens (including phenoxy) is 2. The van der Waals surface area contributed by atoms with Crippen molar-refractivity contribution in [3.63, 3.8) is 0 Å². The van der Waals surface area contributed by atoms with E-state index in [0.717, 1.165) is 28.3 Å². The molecule has 2 aromatic carbocycles. The van der Waals surface area contributed by atoms with Crippen LogP contribution in [-0.4, -0.2) is 52.8 Å². The molecule has 9 heteroatoms. The maximum atomic E-state index is 13.2. The molecule has 0 spiro atoms. The first-order valence-corrected chi connectivity index (χ1v) is 10.6. The van der Waals surface area contributed by atoms with Crippen LogP contribution in [0.4, 0.5) is 10.1 Å².